The highest BCUT2D eigenvalue weighted by atomic mass is 16.4. The molecule has 1 saturated heterocycles. The molecule has 0 aliphatic carbocycles. The van der Waals surface area contributed by atoms with E-state index >= 15 is 0 Å². The number of nitrogens with one attached hydrogen (secondary N) is 1. The third-order valence-corrected chi connectivity index (χ3v) is 3.59. The fraction of sp³-hybridized carbons (Fsp3) is 0.917. The number of carboxylic acid groups (broad SMARTS) is 1. The fourth-order valence-electron chi connectivity index (χ4n) is 2.34. The second-order valence-corrected chi connectivity index (χ2v) is 4.66. The molecule has 0 spiro atoms. The molecule has 94 valence electrons. The van der Waals surface area contributed by atoms with E-state index in [1.807, 2.05) is 0 Å². The lowest BCUT2D eigenvalue weighted by atomic mass is 9.90. The maximum absolute atomic E-state index is 10.4. The zero-order chi connectivity index (χ0) is 12.0. The van der Waals surface area contributed by atoms with Crippen LogP contribution < -0.4 is 5.32 Å². The number of hydrogen-bond donors (Lipinski definition) is 2. The van der Waals surface area contributed by atoms with E-state index in [1.54, 1.807) is 0 Å². The summed E-state index contributed by atoms with van der Waals surface area (Å²) in [4.78, 5) is 12.9. The van der Waals surface area contributed by atoms with Gasteiger partial charge in [0.2, 0.25) is 0 Å². The Morgan fingerprint density at radius 2 is 2.12 bits per heavy atom. The standard InChI is InChI=1S/C12H24N2O2/c1-3-14-8-5-11(6-9-14)10(2)13-7-4-12(15)16/h10-11,13H,3-9H2,1-2H3,(H,15,16). The molecular weight excluding hydrogens is 204 g/mol. The number of hydrogen-bond acceptors (Lipinski definition) is 3. The Kier molecular flexibility index (Phi) is 5.77. The van der Waals surface area contributed by atoms with Crippen molar-refractivity contribution < 1.29 is 9.90 Å². The summed E-state index contributed by atoms with van der Waals surface area (Å²) in [7, 11) is 0. The van der Waals surface area contributed by atoms with Gasteiger partial charge in [-0.25, -0.2) is 0 Å². The number of likely N-dealkylation sites (tertiary alicyclic amines) is 1. The van der Waals surface area contributed by atoms with Crippen molar-refractivity contribution in [3.05, 3.63) is 0 Å². The van der Waals surface area contributed by atoms with Crippen LogP contribution in [0.15, 0.2) is 0 Å². The molecule has 2 N–H and O–H groups in total. The van der Waals surface area contributed by atoms with E-state index < -0.39 is 5.97 Å². The van der Waals surface area contributed by atoms with Crippen LogP contribution in [-0.2, 0) is 4.79 Å². The number of aliphatic carboxylic acids is 1. The first-order chi connectivity index (χ1) is 7.63. The van der Waals surface area contributed by atoms with Crippen molar-refractivity contribution >= 4 is 5.97 Å². The molecule has 1 fully saturated rings. The third kappa shape index (κ3) is 4.49. The molecule has 1 unspecified atom stereocenters. The van der Waals surface area contributed by atoms with Gasteiger partial charge in [0.1, 0.15) is 0 Å². The number of carboxylic acids is 1. The normalized spacial score (nSPS) is 20.9. The molecular formula is C12H24N2O2. The van der Waals surface area contributed by atoms with Gasteiger partial charge in [-0.1, -0.05) is 6.92 Å². The monoisotopic (exact) mass is 228 g/mol. The molecule has 0 amide bonds. The molecule has 0 radical (unpaired) electrons. The molecule has 0 bridgehead atoms. The molecule has 0 aromatic carbocycles. The highest BCUT2D eigenvalue weighted by Crippen LogP contribution is 2.20. The van der Waals surface area contributed by atoms with Crippen molar-refractivity contribution in [2.45, 2.75) is 39.2 Å². The Morgan fingerprint density at radius 1 is 1.50 bits per heavy atom. The lowest BCUT2D eigenvalue weighted by Gasteiger charge is -2.34. The summed E-state index contributed by atoms with van der Waals surface area (Å²) < 4.78 is 0. The van der Waals surface area contributed by atoms with E-state index in [2.05, 4.69) is 24.1 Å². The van der Waals surface area contributed by atoms with Crippen LogP contribution in [0.4, 0.5) is 0 Å². The summed E-state index contributed by atoms with van der Waals surface area (Å²) in [6, 6.07) is 0.443. The number of nitrogens with zero attached hydrogens (tertiary/aromatic N) is 1. The van der Waals surface area contributed by atoms with Crippen LogP contribution in [0.5, 0.6) is 0 Å². The first-order valence-corrected chi connectivity index (χ1v) is 6.31. The van der Waals surface area contributed by atoms with Gasteiger partial charge >= 0.3 is 5.97 Å². The van der Waals surface area contributed by atoms with Crippen molar-refractivity contribution in [1.82, 2.24) is 10.2 Å². The average molecular weight is 228 g/mol. The van der Waals surface area contributed by atoms with Crippen LogP contribution in [-0.4, -0.2) is 48.2 Å². The Bertz CT molecular complexity index is 213. The van der Waals surface area contributed by atoms with E-state index in [4.69, 9.17) is 5.11 Å². The van der Waals surface area contributed by atoms with Crippen molar-refractivity contribution in [3.8, 4) is 0 Å². The number of piperidine rings is 1. The summed E-state index contributed by atoms with van der Waals surface area (Å²) in [5.74, 6) is -0.0166. The molecule has 0 saturated carbocycles. The van der Waals surface area contributed by atoms with Crippen LogP contribution in [0.1, 0.15) is 33.1 Å². The van der Waals surface area contributed by atoms with Crippen LogP contribution in [0.3, 0.4) is 0 Å². The van der Waals surface area contributed by atoms with Crippen molar-refractivity contribution in [2.75, 3.05) is 26.2 Å². The van der Waals surface area contributed by atoms with Gasteiger partial charge in [-0.05, 0) is 45.3 Å². The smallest absolute Gasteiger partial charge is 0.304 e. The van der Waals surface area contributed by atoms with Crippen molar-refractivity contribution in [2.24, 2.45) is 5.92 Å². The Labute approximate surface area is 98.0 Å². The number of rotatable bonds is 6. The molecule has 0 aromatic rings. The van der Waals surface area contributed by atoms with Gasteiger partial charge in [0.25, 0.3) is 0 Å². The predicted octanol–water partition coefficient (Wildman–Crippen LogP) is 1.17. The van der Waals surface area contributed by atoms with Gasteiger partial charge in [0, 0.05) is 12.6 Å². The second-order valence-electron chi connectivity index (χ2n) is 4.66. The summed E-state index contributed by atoms with van der Waals surface area (Å²) in [5, 5.41) is 11.9. The zero-order valence-corrected chi connectivity index (χ0v) is 10.4. The van der Waals surface area contributed by atoms with Gasteiger partial charge < -0.3 is 15.3 Å². The summed E-state index contributed by atoms with van der Waals surface area (Å²) >= 11 is 0. The summed E-state index contributed by atoms with van der Waals surface area (Å²) in [6.07, 6.45) is 2.68. The highest BCUT2D eigenvalue weighted by molar-refractivity contribution is 5.66. The minimum atomic E-state index is -0.722. The molecule has 1 aliphatic rings. The minimum Gasteiger partial charge on any atom is -0.481 e. The summed E-state index contributed by atoms with van der Waals surface area (Å²) in [5.41, 5.74) is 0. The fourth-order valence-corrected chi connectivity index (χ4v) is 2.34. The van der Waals surface area contributed by atoms with Gasteiger partial charge in [0.15, 0.2) is 0 Å². The first-order valence-electron chi connectivity index (χ1n) is 6.31. The average Bonchev–Trinajstić information content (AvgIpc) is 2.28. The van der Waals surface area contributed by atoms with E-state index in [0.717, 1.165) is 6.54 Å². The third-order valence-electron chi connectivity index (χ3n) is 3.59. The van der Waals surface area contributed by atoms with Gasteiger partial charge in [-0.2, -0.15) is 0 Å². The molecule has 1 atom stereocenters. The van der Waals surface area contributed by atoms with Gasteiger partial charge in [-0.3, -0.25) is 4.79 Å². The van der Waals surface area contributed by atoms with Crippen LogP contribution in [0, 0.1) is 5.92 Å². The maximum Gasteiger partial charge on any atom is 0.304 e. The van der Waals surface area contributed by atoms with E-state index in [0.29, 0.717) is 18.5 Å². The van der Waals surface area contributed by atoms with Crippen LogP contribution >= 0.6 is 0 Å². The first kappa shape index (κ1) is 13.5. The lowest BCUT2D eigenvalue weighted by Crippen LogP contribution is -2.42. The van der Waals surface area contributed by atoms with Crippen LogP contribution in [0.2, 0.25) is 0 Å². The Hall–Kier alpha value is -0.610. The second kappa shape index (κ2) is 6.86. The molecule has 4 heteroatoms. The van der Waals surface area contributed by atoms with E-state index in [-0.39, 0.29) is 6.42 Å². The maximum atomic E-state index is 10.4. The molecule has 4 nitrogen and oxygen atoms in total. The topological polar surface area (TPSA) is 52.6 Å². The predicted molar refractivity (Wildman–Crippen MR) is 64.6 cm³/mol. The number of carbonyl (C=O) groups is 1. The minimum absolute atomic E-state index is 0.220. The molecule has 0 aromatic heterocycles. The Morgan fingerprint density at radius 3 is 2.62 bits per heavy atom. The summed E-state index contributed by atoms with van der Waals surface area (Å²) in [6.45, 7) is 8.49. The van der Waals surface area contributed by atoms with E-state index in [9.17, 15) is 4.79 Å². The zero-order valence-electron chi connectivity index (χ0n) is 10.4. The van der Waals surface area contributed by atoms with Gasteiger partial charge in [-0.15, -0.1) is 0 Å². The molecule has 16 heavy (non-hydrogen) atoms. The molecule has 1 rings (SSSR count). The lowest BCUT2D eigenvalue weighted by molar-refractivity contribution is -0.136. The van der Waals surface area contributed by atoms with E-state index in [1.165, 1.54) is 25.9 Å². The van der Waals surface area contributed by atoms with Crippen molar-refractivity contribution in [3.63, 3.8) is 0 Å². The molecule has 1 aliphatic heterocycles. The quantitative estimate of drug-likeness (QED) is 0.716. The van der Waals surface area contributed by atoms with Crippen molar-refractivity contribution in [1.29, 1.82) is 0 Å². The molecule has 1 heterocycles. The SMILES string of the molecule is CCN1CCC(C(C)NCCC(=O)O)CC1. The van der Waals surface area contributed by atoms with Gasteiger partial charge in [0.05, 0.1) is 6.42 Å². The van der Waals surface area contributed by atoms with Crippen LogP contribution in [0.25, 0.3) is 0 Å². The highest BCUT2D eigenvalue weighted by Gasteiger charge is 2.22. The Balaban J connectivity index is 2.17. The largest absolute Gasteiger partial charge is 0.481 e.